The number of nitrogens with one attached hydrogen (secondary N) is 2. The van der Waals surface area contributed by atoms with Crippen LogP contribution in [0.25, 0.3) is 11.5 Å². The van der Waals surface area contributed by atoms with Gasteiger partial charge in [0.1, 0.15) is 12.1 Å². The monoisotopic (exact) mass is 433 g/mol. The van der Waals surface area contributed by atoms with E-state index in [9.17, 15) is 18.4 Å². The van der Waals surface area contributed by atoms with E-state index in [-0.39, 0.29) is 34.7 Å². The predicted octanol–water partition coefficient (Wildman–Crippen LogP) is 2.62. The maximum Gasteiger partial charge on any atom is 0.277 e. The Morgan fingerprint density at radius 3 is 2.77 bits per heavy atom. The number of alkyl halides is 2. The molecule has 12 heteroatoms. The van der Waals surface area contributed by atoms with Crippen LogP contribution in [0.4, 0.5) is 20.3 Å². The molecule has 0 bridgehead atoms. The molecule has 0 unspecified atom stereocenters. The van der Waals surface area contributed by atoms with Crippen molar-refractivity contribution in [2.24, 2.45) is 11.7 Å². The number of carbonyl (C=O) groups excluding carboxylic acids is 2. The first-order valence-electron chi connectivity index (χ1n) is 9.35. The molecule has 0 aliphatic rings. The summed E-state index contributed by atoms with van der Waals surface area (Å²) in [7, 11) is 0. The van der Waals surface area contributed by atoms with Crippen molar-refractivity contribution in [3.05, 3.63) is 42.2 Å². The van der Waals surface area contributed by atoms with Gasteiger partial charge in [-0.05, 0) is 18.1 Å². The first-order valence-corrected chi connectivity index (χ1v) is 9.35. The van der Waals surface area contributed by atoms with Crippen LogP contribution < -0.4 is 16.4 Å². The van der Waals surface area contributed by atoms with Gasteiger partial charge >= 0.3 is 0 Å². The summed E-state index contributed by atoms with van der Waals surface area (Å²) in [5.41, 5.74) is 5.82. The molecule has 0 saturated heterocycles. The first-order chi connectivity index (χ1) is 14.7. The lowest BCUT2D eigenvalue weighted by molar-refractivity contribution is 0.0995. The Hall–Kier alpha value is -3.83. The summed E-state index contributed by atoms with van der Waals surface area (Å²) >= 11 is 0. The Balaban J connectivity index is 1.76. The quantitative estimate of drug-likeness (QED) is 0.471. The minimum absolute atomic E-state index is 0.0547. The van der Waals surface area contributed by atoms with Crippen LogP contribution in [0.2, 0.25) is 0 Å². The highest BCUT2D eigenvalue weighted by Gasteiger charge is 2.20. The van der Waals surface area contributed by atoms with Crippen molar-refractivity contribution in [3.8, 4) is 11.5 Å². The summed E-state index contributed by atoms with van der Waals surface area (Å²) in [4.78, 5) is 32.3. The Labute approximate surface area is 175 Å². The van der Waals surface area contributed by atoms with E-state index in [1.807, 2.05) is 13.8 Å². The lowest BCUT2D eigenvalue weighted by Gasteiger charge is -2.05. The average Bonchev–Trinajstić information content (AvgIpc) is 3.34. The minimum Gasteiger partial charge on any atom is -0.444 e. The molecule has 3 heterocycles. The highest BCUT2D eigenvalue weighted by atomic mass is 19.3. The molecule has 0 spiro atoms. The second-order valence-corrected chi connectivity index (χ2v) is 7.07. The Kier molecular flexibility index (Phi) is 6.58. The average molecular weight is 433 g/mol. The molecule has 0 aliphatic heterocycles. The van der Waals surface area contributed by atoms with E-state index >= 15 is 0 Å². The number of carbonyl (C=O) groups is 2. The van der Waals surface area contributed by atoms with Crippen molar-refractivity contribution in [2.75, 3.05) is 17.2 Å². The molecule has 0 aliphatic carbocycles. The largest absolute Gasteiger partial charge is 0.444 e. The van der Waals surface area contributed by atoms with Crippen LogP contribution in [0.1, 0.15) is 34.8 Å². The van der Waals surface area contributed by atoms with Crippen molar-refractivity contribution in [1.82, 2.24) is 19.7 Å². The second kappa shape index (κ2) is 9.32. The number of halogens is 2. The van der Waals surface area contributed by atoms with Gasteiger partial charge in [-0.2, -0.15) is 5.10 Å². The lowest BCUT2D eigenvalue weighted by atomic mass is 10.2. The number of amides is 2. The molecule has 3 aromatic rings. The molecular formula is C19H21F2N7O3. The molecule has 4 N–H and O–H groups in total. The van der Waals surface area contributed by atoms with Crippen molar-refractivity contribution in [2.45, 2.75) is 26.8 Å². The maximum absolute atomic E-state index is 12.6. The van der Waals surface area contributed by atoms with Gasteiger partial charge < -0.3 is 20.8 Å². The van der Waals surface area contributed by atoms with E-state index in [0.29, 0.717) is 12.1 Å². The van der Waals surface area contributed by atoms with Crippen molar-refractivity contribution >= 4 is 23.3 Å². The fourth-order valence-corrected chi connectivity index (χ4v) is 2.70. The number of rotatable bonds is 9. The number of oxazole rings is 1. The standard InChI is InChI=1S/C19H21F2N7O3/c1-10(2)7-28-8-12(16(27-28)17(22)29)25-18(30)13-9-31-19(26-13)11-3-4-23-15(5-11)24-6-14(20)21/h3-5,8-10,14H,6-7H2,1-2H3,(H2,22,29)(H,23,24)(H,25,30). The van der Waals surface area contributed by atoms with Gasteiger partial charge in [-0.3, -0.25) is 14.3 Å². The molecule has 31 heavy (non-hydrogen) atoms. The minimum atomic E-state index is -2.53. The van der Waals surface area contributed by atoms with Gasteiger partial charge in [-0.25, -0.2) is 18.7 Å². The van der Waals surface area contributed by atoms with E-state index < -0.39 is 24.8 Å². The number of primary amides is 1. The zero-order chi connectivity index (χ0) is 22.5. The molecule has 3 rings (SSSR count). The van der Waals surface area contributed by atoms with Gasteiger partial charge in [0, 0.05) is 24.5 Å². The molecule has 0 fully saturated rings. The molecule has 0 atom stereocenters. The molecule has 10 nitrogen and oxygen atoms in total. The Bertz CT molecular complexity index is 1080. The van der Waals surface area contributed by atoms with E-state index in [1.165, 1.54) is 23.1 Å². The SMILES string of the molecule is CC(C)Cn1cc(NC(=O)c2coc(-c3ccnc(NCC(F)F)c3)n2)c(C(N)=O)n1. The van der Waals surface area contributed by atoms with Gasteiger partial charge in [0.2, 0.25) is 5.89 Å². The van der Waals surface area contributed by atoms with E-state index in [4.69, 9.17) is 10.2 Å². The van der Waals surface area contributed by atoms with Crippen LogP contribution >= 0.6 is 0 Å². The number of pyridine rings is 1. The topological polar surface area (TPSA) is 141 Å². The zero-order valence-corrected chi connectivity index (χ0v) is 16.8. The number of hydrogen-bond donors (Lipinski definition) is 3. The van der Waals surface area contributed by atoms with Gasteiger partial charge in [-0.1, -0.05) is 13.8 Å². The van der Waals surface area contributed by atoms with Gasteiger partial charge in [-0.15, -0.1) is 0 Å². The number of anilines is 2. The first kappa shape index (κ1) is 21.9. The summed E-state index contributed by atoms with van der Waals surface area (Å²) in [6.07, 6.45) is 1.52. The molecule has 3 aromatic heterocycles. The maximum atomic E-state index is 12.6. The van der Waals surface area contributed by atoms with Crippen LogP contribution in [-0.2, 0) is 6.54 Å². The molecule has 164 valence electrons. The number of nitrogens with zero attached hydrogens (tertiary/aromatic N) is 4. The van der Waals surface area contributed by atoms with Crippen LogP contribution in [0.15, 0.2) is 35.2 Å². The van der Waals surface area contributed by atoms with Crippen molar-refractivity contribution in [1.29, 1.82) is 0 Å². The Morgan fingerprint density at radius 1 is 1.32 bits per heavy atom. The third kappa shape index (κ3) is 5.62. The van der Waals surface area contributed by atoms with E-state index in [1.54, 1.807) is 6.07 Å². The highest BCUT2D eigenvalue weighted by molar-refractivity contribution is 6.07. The smallest absolute Gasteiger partial charge is 0.277 e. The summed E-state index contributed by atoms with van der Waals surface area (Å²) in [6, 6.07) is 3.03. The Morgan fingerprint density at radius 2 is 2.10 bits per heavy atom. The van der Waals surface area contributed by atoms with Crippen molar-refractivity contribution in [3.63, 3.8) is 0 Å². The van der Waals surface area contributed by atoms with Gasteiger partial charge in [0.15, 0.2) is 11.4 Å². The summed E-state index contributed by atoms with van der Waals surface area (Å²) in [5.74, 6) is -0.836. The number of hydrogen-bond acceptors (Lipinski definition) is 7. The predicted molar refractivity (Wildman–Crippen MR) is 108 cm³/mol. The second-order valence-electron chi connectivity index (χ2n) is 7.07. The molecule has 0 radical (unpaired) electrons. The molecular weight excluding hydrogens is 412 g/mol. The lowest BCUT2D eigenvalue weighted by Crippen LogP contribution is -2.18. The molecule has 2 amide bonds. The van der Waals surface area contributed by atoms with Crippen molar-refractivity contribution < 1.29 is 22.8 Å². The summed E-state index contributed by atoms with van der Waals surface area (Å²) < 4.78 is 31.6. The van der Waals surface area contributed by atoms with Crippen LogP contribution in [-0.4, -0.2) is 44.5 Å². The van der Waals surface area contributed by atoms with Crippen LogP contribution in [0, 0.1) is 5.92 Å². The fourth-order valence-electron chi connectivity index (χ4n) is 2.70. The summed E-state index contributed by atoms with van der Waals surface area (Å²) in [6.45, 7) is 3.94. The number of aromatic nitrogens is 4. The highest BCUT2D eigenvalue weighted by Crippen LogP contribution is 2.22. The van der Waals surface area contributed by atoms with Crippen LogP contribution in [0.3, 0.4) is 0 Å². The van der Waals surface area contributed by atoms with E-state index in [0.717, 1.165) is 6.26 Å². The van der Waals surface area contributed by atoms with E-state index in [2.05, 4.69) is 25.7 Å². The van der Waals surface area contributed by atoms with Crippen LogP contribution in [0.5, 0.6) is 0 Å². The third-order valence-corrected chi connectivity index (χ3v) is 3.98. The summed E-state index contributed by atoms with van der Waals surface area (Å²) in [5, 5.41) is 9.15. The van der Waals surface area contributed by atoms with Gasteiger partial charge in [0.05, 0.1) is 12.2 Å². The molecule has 0 aromatic carbocycles. The number of nitrogens with two attached hydrogens (primary N) is 1. The normalized spacial score (nSPS) is 11.2. The zero-order valence-electron chi connectivity index (χ0n) is 16.8. The fraction of sp³-hybridized carbons (Fsp3) is 0.316. The third-order valence-electron chi connectivity index (χ3n) is 3.98. The molecule has 0 saturated carbocycles. The van der Waals surface area contributed by atoms with Gasteiger partial charge in [0.25, 0.3) is 18.2 Å².